The molecule has 2 rings (SSSR count). The van der Waals surface area contributed by atoms with Crippen molar-refractivity contribution in [1.82, 2.24) is 15.3 Å². The molecule has 0 aromatic rings. The third-order valence-electron chi connectivity index (χ3n) is 4.40. The lowest BCUT2D eigenvalue weighted by Crippen LogP contribution is -2.67. The standard InChI is InChI=1S/C13H21N3O4.ClH/c1-15-9-11(18)16(8-10(17)14-20)12(19)13(15)6-4-2-3-5-7-13;/h20H,2-9H2,1H3,(H,14,17);1H. The van der Waals surface area contributed by atoms with Crippen molar-refractivity contribution in [3.05, 3.63) is 0 Å². The second kappa shape index (κ2) is 7.20. The average molecular weight is 320 g/mol. The number of carbonyl (C=O) groups excluding carboxylic acids is 3. The SMILES string of the molecule is CN1CC(=O)N(CC(=O)NO)C(=O)C12CCCCCC2.Cl. The molecule has 2 N–H and O–H groups in total. The Hall–Kier alpha value is -1.18. The monoisotopic (exact) mass is 319 g/mol. The van der Waals surface area contributed by atoms with Gasteiger partial charge in [-0.15, -0.1) is 12.4 Å². The number of hydrogen-bond acceptors (Lipinski definition) is 5. The predicted molar refractivity (Wildman–Crippen MR) is 77.0 cm³/mol. The molecule has 1 saturated carbocycles. The van der Waals surface area contributed by atoms with Crippen LogP contribution in [0.15, 0.2) is 0 Å². The Morgan fingerprint density at radius 3 is 2.33 bits per heavy atom. The van der Waals surface area contributed by atoms with Crippen LogP contribution in [-0.2, 0) is 14.4 Å². The predicted octanol–water partition coefficient (Wildman–Crippen LogP) is 0.307. The van der Waals surface area contributed by atoms with E-state index in [0.29, 0.717) is 12.8 Å². The number of imide groups is 1. The van der Waals surface area contributed by atoms with E-state index < -0.39 is 23.9 Å². The van der Waals surface area contributed by atoms with Crippen LogP contribution in [0.5, 0.6) is 0 Å². The first-order chi connectivity index (χ1) is 9.51. The quantitative estimate of drug-likeness (QED) is 0.434. The van der Waals surface area contributed by atoms with Gasteiger partial charge in [-0.05, 0) is 19.9 Å². The fourth-order valence-corrected chi connectivity index (χ4v) is 3.22. The number of halogens is 1. The molecule has 7 nitrogen and oxygen atoms in total. The second-order valence-electron chi connectivity index (χ2n) is 5.62. The molecule has 1 spiro atoms. The zero-order valence-corrected chi connectivity index (χ0v) is 12.9. The summed E-state index contributed by atoms with van der Waals surface area (Å²) in [6.07, 6.45) is 5.51. The van der Waals surface area contributed by atoms with Crippen molar-refractivity contribution in [2.45, 2.75) is 44.1 Å². The lowest BCUT2D eigenvalue weighted by Gasteiger charge is -2.46. The van der Waals surface area contributed by atoms with Crippen LogP contribution in [0.3, 0.4) is 0 Å². The van der Waals surface area contributed by atoms with Gasteiger partial charge in [-0.1, -0.05) is 25.7 Å². The van der Waals surface area contributed by atoms with E-state index in [1.165, 1.54) is 5.48 Å². The van der Waals surface area contributed by atoms with Crippen molar-refractivity contribution >= 4 is 30.1 Å². The molecule has 8 heteroatoms. The first-order valence-electron chi connectivity index (χ1n) is 7.00. The van der Waals surface area contributed by atoms with Gasteiger partial charge in [0.2, 0.25) is 11.8 Å². The van der Waals surface area contributed by atoms with E-state index in [-0.39, 0.29) is 24.9 Å². The van der Waals surface area contributed by atoms with Gasteiger partial charge in [0.05, 0.1) is 6.54 Å². The van der Waals surface area contributed by atoms with E-state index in [1.54, 1.807) is 7.05 Å². The van der Waals surface area contributed by atoms with Gasteiger partial charge in [0, 0.05) is 0 Å². The first kappa shape index (κ1) is 17.9. The van der Waals surface area contributed by atoms with Crippen molar-refractivity contribution < 1.29 is 19.6 Å². The highest BCUT2D eigenvalue weighted by Gasteiger charge is 2.50. The summed E-state index contributed by atoms with van der Waals surface area (Å²) in [5.74, 6) is -1.45. The van der Waals surface area contributed by atoms with Crippen LogP contribution in [0.1, 0.15) is 38.5 Å². The lowest BCUT2D eigenvalue weighted by atomic mass is 9.85. The summed E-state index contributed by atoms with van der Waals surface area (Å²) in [5, 5.41) is 8.58. The van der Waals surface area contributed by atoms with E-state index in [2.05, 4.69) is 0 Å². The summed E-state index contributed by atoms with van der Waals surface area (Å²) in [6.45, 7) is -0.284. The Labute approximate surface area is 130 Å². The van der Waals surface area contributed by atoms with Crippen LogP contribution in [0.2, 0.25) is 0 Å². The maximum atomic E-state index is 12.7. The molecular formula is C13H22ClN3O4. The van der Waals surface area contributed by atoms with Gasteiger partial charge in [0.25, 0.3) is 5.91 Å². The molecule has 0 bridgehead atoms. The highest BCUT2D eigenvalue weighted by Crippen LogP contribution is 2.35. The average Bonchev–Trinajstić information content (AvgIpc) is 2.68. The molecule has 3 amide bonds. The molecule has 2 fully saturated rings. The van der Waals surface area contributed by atoms with E-state index in [1.807, 2.05) is 4.90 Å². The minimum absolute atomic E-state index is 0. The van der Waals surface area contributed by atoms with E-state index in [4.69, 9.17) is 5.21 Å². The van der Waals surface area contributed by atoms with Gasteiger partial charge in [0.1, 0.15) is 12.1 Å². The Morgan fingerprint density at radius 1 is 1.24 bits per heavy atom. The molecule has 120 valence electrons. The van der Waals surface area contributed by atoms with Gasteiger partial charge in [-0.25, -0.2) is 5.48 Å². The number of nitrogens with zero attached hydrogens (tertiary/aromatic N) is 2. The number of likely N-dealkylation sites (N-methyl/N-ethyl adjacent to an activating group) is 1. The summed E-state index contributed by atoms with van der Waals surface area (Å²) in [4.78, 5) is 38.8. The highest BCUT2D eigenvalue weighted by molar-refractivity contribution is 6.05. The number of rotatable bonds is 2. The molecule has 21 heavy (non-hydrogen) atoms. The van der Waals surface area contributed by atoms with Gasteiger partial charge < -0.3 is 0 Å². The zero-order valence-electron chi connectivity index (χ0n) is 12.1. The molecule has 0 atom stereocenters. The molecular weight excluding hydrogens is 298 g/mol. The molecule has 0 unspecified atom stereocenters. The minimum Gasteiger partial charge on any atom is -0.289 e. The molecule has 1 aliphatic carbocycles. The molecule has 1 aliphatic heterocycles. The fraction of sp³-hybridized carbons (Fsp3) is 0.769. The summed E-state index contributed by atoms with van der Waals surface area (Å²) in [7, 11) is 1.80. The van der Waals surface area contributed by atoms with Crippen molar-refractivity contribution in [2.24, 2.45) is 0 Å². The largest absolute Gasteiger partial charge is 0.289 e. The Balaban J connectivity index is 0.00000220. The number of hydrogen-bond donors (Lipinski definition) is 2. The van der Waals surface area contributed by atoms with Crippen LogP contribution in [0.4, 0.5) is 0 Å². The molecule has 0 aromatic carbocycles. The van der Waals surface area contributed by atoms with Crippen LogP contribution in [0, 0.1) is 0 Å². The zero-order chi connectivity index (χ0) is 14.8. The van der Waals surface area contributed by atoms with Crippen molar-refractivity contribution in [2.75, 3.05) is 20.1 Å². The van der Waals surface area contributed by atoms with Crippen molar-refractivity contribution in [1.29, 1.82) is 0 Å². The minimum atomic E-state index is -0.750. The van der Waals surface area contributed by atoms with Gasteiger partial charge in [-0.2, -0.15) is 0 Å². The maximum absolute atomic E-state index is 12.7. The molecule has 2 aliphatic rings. The summed E-state index contributed by atoms with van der Waals surface area (Å²) in [5.41, 5.74) is 0.803. The number of nitrogens with one attached hydrogen (secondary N) is 1. The molecule has 0 radical (unpaired) electrons. The topological polar surface area (TPSA) is 90.0 Å². The lowest BCUT2D eigenvalue weighted by molar-refractivity contribution is -0.165. The van der Waals surface area contributed by atoms with Crippen LogP contribution < -0.4 is 5.48 Å². The van der Waals surface area contributed by atoms with E-state index in [0.717, 1.165) is 30.6 Å². The molecule has 1 heterocycles. The second-order valence-corrected chi connectivity index (χ2v) is 5.62. The van der Waals surface area contributed by atoms with E-state index >= 15 is 0 Å². The maximum Gasteiger partial charge on any atom is 0.263 e. The highest BCUT2D eigenvalue weighted by atomic mass is 35.5. The van der Waals surface area contributed by atoms with Crippen LogP contribution in [0.25, 0.3) is 0 Å². The number of amides is 3. The summed E-state index contributed by atoms with van der Waals surface area (Å²) >= 11 is 0. The van der Waals surface area contributed by atoms with Crippen LogP contribution >= 0.6 is 12.4 Å². The number of carbonyl (C=O) groups is 3. The fourth-order valence-electron chi connectivity index (χ4n) is 3.22. The van der Waals surface area contributed by atoms with E-state index in [9.17, 15) is 14.4 Å². The third kappa shape index (κ3) is 3.36. The third-order valence-corrected chi connectivity index (χ3v) is 4.40. The van der Waals surface area contributed by atoms with Crippen LogP contribution in [-0.4, -0.2) is 58.4 Å². The smallest absolute Gasteiger partial charge is 0.263 e. The normalized spacial score (nSPS) is 22.7. The number of piperazine rings is 1. The van der Waals surface area contributed by atoms with Gasteiger partial charge in [-0.3, -0.25) is 29.4 Å². The van der Waals surface area contributed by atoms with Gasteiger partial charge >= 0.3 is 0 Å². The molecule has 1 saturated heterocycles. The Bertz CT molecular complexity index is 422. The molecule has 0 aromatic heterocycles. The van der Waals surface area contributed by atoms with Crippen molar-refractivity contribution in [3.8, 4) is 0 Å². The Morgan fingerprint density at radius 2 is 1.81 bits per heavy atom. The number of hydroxylamine groups is 1. The van der Waals surface area contributed by atoms with Gasteiger partial charge in [0.15, 0.2) is 0 Å². The Kier molecular flexibility index (Phi) is 6.12. The first-order valence-corrected chi connectivity index (χ1v) is 7.00. The van der Waals surface area contributed by atoms with Crippen molar-refractivity contribution in [3.63, 3.8) is 0 Å². The summed E-state index contributed by atoms with van der Waals surface area (Å²) < 4.78 is 0. The summed E-state index contributed by atoms with van der Waals surface area (Å²) in [6, 6.07) is 0.